The van der Waals surface area contributed by atoms with Crippen LogP contribution in [0.5, 0.6) is 0 Å². The van der Waals surface area contributed by atoms with E-state index in [1.807, 2.05) is 0 Å². The summed E-state index contributed by atoms with van der Waals surface area (Å²) in [6.07, 6.45) is 3.61. The van der Waals surface area contributed by atoms with Gasteiger partial charge in [0.1, 0.15) is 5.82 Å². The molecule has 6 nitrogen and oxygen atoms in total. The Hall–Kier alpha value is -2.39. The molecule has 1 heterocycles. The van der Waals surface area contributed by atoms with Crippen molar-refractivity contribution in [2.75, 3.05) is 6.54 Å². The fourth-order valence-corrected chi connectivity index (χ4v) is 2.08. The van der Waals surface area contributed by atoms with Crippen molar-refractivity contribution >= 4 is 0 Å². The zero-order valence-electron chi connectivity index (χ0n) is 11.2. The summed E-state index contributed by atoms with van der Waals surface area (Å²) in [6.45, 7) is 0.678. The van der Waals surface area contributed by atoms with Crippen LogP contribution in [0.3, 0.4) is 0 Å². The second-order valence-electron chi connectivity index (χ2n) is 4.54. The predicted octanol–water partition coefficient (Wildman–Crippen LogP) is 1.10. The monoisotopic (exact) mass is 271 g/mol. The van der Waals surface area contributed by atoms with Gasteiger partial charge < -0.3 is 5.73 Å². The first-order valence-corrected chi connectivity index (χ1v) is 6.63. The Bertz CT molecular complexity index is 665. The van der Waals surface area contributed by atoms with E-state index < -0.39 is 0 Å². The van der Waals surface area contributed by atoms with E-state index in [1.54, 1.807) is 24.3 Å². The molecule has 2 rings (SSSR count). The topological polar surface area (TPSA) is 100 Å². The van der Waals surface area contributed by atoms with Crippen LogP contribution < -0.4 is 11.4 Å². The van der Waals surface area contributed by atoms with E-state index in [-0.39, 0.29) is 5.69 Å². The maximum Gasteiger partial charge on any atom is 0.347 e. The molecule has 2 aromatic rings. The first-order chi connectivity index (χ1) is 9.76. The van der Waals surface area contributed by atoms with Gasteiger partial charge >= 0.3 is 5.69 Å². The molecule has 20 heavy (non-hydrogen) atoms. The van der Waals surface area contributed by atoms with Crippen LogP contribution in [0.1, 0.15) is 30.7 Å². The van der Waals surface area contributed by atoms with E-state index in [2.05, 4.69) is 16.3 Å². The molecule has 0 aliphatic rings. The van der Waals surface area contributed by atoms with Crippen molar-refractivity contribution < 1.29 is 0 Å². The van der Waals surface area contributed by atoms with E-state index in [1.165, 1.54) is 4.57 Å². The third-order valence-corrected chi connectivity index (χ3v) is 3.08. The van der Waals surface area contributed by atoms with Gasteiger partial charge in [-0.25, -0.2) is 14.5 Å². The van der Waals surface area contributed by atoms with Gasteiger partial charge in [0.05, 0.1) is 17.3 Å². The maximum absolute atomic E-state index is 11.9. The molecule has 6 heteroatoms. The van der Waals surface area contributed by atoms with Gasteiger partial charge in [-0.05, 0) is 37.6 Å². The van der Waals surface area contributed by atoms with Gasteiger partial charge in [0.15, 0.2) is 0 Å². The van der Waals surface area contributed by atoms with Crippen molar-refractivity contribution in [1.29, 1.82) is 5.26 Å². The number of hydrogen-bond acceptors (Lipinski definition) is 4. The van der Waals surface area contributed by atoms with Gasteiger partial charge in [-0.15, -0.1) is 0 Å². The first kappa shape index (κ1) is 14.0. The largest absolute Gasteiger partial charge is 0.347 e. The second kappa shape index (κ2) is 6.68. The van der Waals surface area contributed by atoms with Gasteiger partial charge in [0, 0.05) is 6.42 Å². The molecule has 0 bridgehead atoms. The molecule has 3 N–H and O–H groups in total. The summed E-state index contributed by atoms with van der Waals surface area (Å²) >= 11 is 0. The normalized spacial score (nSPS) is 10.4. The lowest BCUT2D eigenvalue weighted by atomic mass is 10.1. The van der Waals surface area contributed by atoms with Crippen LogP contribution in [-0.4, -0.2) is 21.3 Å². The number of unbranched alkanes of at least 4 members (excludes halogenated alkanes) is 2. The molecule has 0 amide bonds. The molecule has 0 saturated heterocycles. The maximum atomic E-state index is 11.9. The van der Waals surface area contributed by atoms with Gasteiger partial charge in [-0.3, -0.25) is 0 Å². The molecule has 0 unspecified atom stereocenters. The minimum Gasteiger partial charge on any atom is -0.330 e. The highest BCUT2D eigenvalue weighted by atomic mass is 16.1. The van der Waals surface area contributed by atoms with E-state index >= 15 is 0 Å². The zero-order valence-corrected chi connectivity index (χ0v) is 11.2. The highest BCUT2D eigenvalue weighted by Crippen LogP contribution is 2.11. The molecule has 0 aliphatic carbocycles. The molecule has 0 fully saturated rings. The second-order valence-corrected chi connectivity index (χ2v) is 4.54. The van der Waals surface area contributed by atoms with Crippen molar-refractivity contribution in [3.63, 3.8) is 0 Å². The van der Waals surface area contributed by atoms with E-state index in [0.717, 1.165) is 19.3 Å². The third-order valence-electron chi connectivity index (χ3n) is 3.08. The Morgan fingerprint density at radius 1 is 1.35 bits per heavy atom. The lowest BCUT2D eigenvalue weighted by molar-refractivity contribution is 0.661. The SMILES string of the molecule is N#Cc1cccc(-n2c(CCCCCN)n[nH]c2=O)c1. The van der Waals surface area contributed by atoms with Crippen LogP contribution in [0.2, 0.25) is 0 Å². The van der Waals surface area contributed by atoms with E-state index in [4.69, 9.17) is 11.0 Å². The van der Waals surface area contributed by atoms with Crippen LogP contribution in [0.25, 0.3) is 5.69 Å². The first-order valence-electron chi connectivity index (χ1n) is 6.63. The number of nitrogens with one attached hydrogen (secondary N) is 1. The summed E-state index contributed by atoms with van der Waals surface area (Å²) in [5.41, 5.74) is 6.36. The van der Waals surface area contributed by atoms with Gasteiger partial charge in [-0.1, -0.05) is 12.5 Å². The molecular weight excluding hydrogens is 254 g/mol. The number of H-pyrrole nitrogens is 1. The van der Waals surface area contributed by atoms with Crippen molar-refractivity contribution in [3.05, 3.63) is 46.1 Å². The van der Waals surface area contributed by atoms with Crippen molar-refractivity contribution in [3.8, 4) is 11.8 Å². The van der Waals surface area contributed by atoms with Crippen LogP contribution in [0, 0.1) is 11.3 Å². The highest BCUT2D eigenvalue weighted by Gasteiger charge is 2.10. The smallest absolute Gasteiger partial charge is 0.330 e. The Labute approximate surface area is 116 Å². The average Bonchev–Trinajstić information content (AvgIpc) is 2.84. The molecule has 0 radical (unpaired) electrons. The average molecular weight is 271 g/mol. The van der Waals surface area contributed by atoms with Crippen molar-refractivity contribution in [2.24, 2.45) is 5.73 Å². The van der Waals surface area contributed by atoms with E-state index in [0.29, 0.717) is 30.0 Å². The zero-order chi connectivity index (χ0) is 14.4. The van der Waals surface area contributed by atoms with Crippen LogP contribution in [-0.2, 0) is 6.42 Å². The summed E-state index contributed by atoms with van der Waals surface area (Å²) < 4.78 is 1.52. The van der Waals surface area contributed by atoms with Crippen LogP contribution >= 0.6 is 0 Å². The summed E-state index contributed by atoms with van der Waals surface area (Å²) in [5, 5.41) is 15.4. The van der Waals surface area contributed by atoms with Crippen LogP contribution in [0.15, 0.2) is 29.1 Å². The number of nitrogens with zero attached hydrogens (tertiary/aromatic N) is 3. The molecule has 104 valence electrons. The number of rotatable bonds is 6. The Kier molecular flexibility index (Phi) is 4.69. The number of aryl methyl sites for hydroxylation is 1. The molecule has 0 saturated carbocycles. The standard InChI is InChI=1S/C14H17N5O/c15-8-3-1-2-7-13-17-18-14(20)19(13)12-6-4-5-11(9-12)10-16/h4-6,9H,1-3,7-8,15H2,(H,18,20). The van der Waals surface area contributed by atoms with Crippen molar-refractivity contribution in [1.82, 2.24) is 14.8 Å². The van der Waals surface area contributed by atoms with Crippen molar-refractivity contribution in [2.45, 2.75) is 25.7 Å². The Morgan fingerprint density at radius 3 is 2.95 bits per heavy atom. The van der Waals surface area contributed by atoms with Gasteiger partial charge in [0.2, 0.25) is 0 Å². The number of nitrogens with two attached hydrogens (primary N) is 1. The number of hydrogen-bond donors (Lipinski definition) is 2. The summed E-state index contributed by atoms with van der Waals surface area (Å²) in [7, 11) is 0. The molecule has 0 aliphatic heterocycles. The quantitative estimate of drug-likeness (QED) is 0.768. The Morgan fingerprint density at radius 2 is 2.20 bits per heavy atom. The fourth-order valence-electron chi connectivity index (χ4n) is 2.08. The van der Waals surface area contributed by atoms with Gasteiger partial charge in [-0.2, -0.15) is 10.4 Å². The lowest BCUT2D eigenvalue weighted by Gasteiger charge is -2.05. The predicted molar refractivity (Wildman–Crippen MR) is 75.5 cm³/mol. The number of aromatic amines is 1. The molecular formula is C14H17N5O. The molecule has 1 aromatic carbocycles. The summed E-state index contributed by atoms with van der Waals surface area (Å²) in [5.74, 6) is 0.683. The fraction of sp³-hybridized carbons (Fsp3) is 0.357. The van der Waals surface area contributed by atoms with Crippen LogP contribution in [0.4, 0.5) is 0 Å². The Balaban J connectivity index is 2.24. The van der Waals surface area contributed by atoms with E-state index in [9.17, 15) is 4.79 Å². The van der Waals surface area contributed by atoms with Gasteiger partial charge in [0.25, 0.3) is 0 Å². The molecule has 0 atom stereocenters. The third kappa shape index (κ3) is 3.13. The minimum atomic E-state index is -0.283. The number of aromatic nitrogens is 3. The summed E-state index contributed by atoms with van der Waals surface area (Å²) in [4.78, 5) is 11.9. The minimum absolute atomic E-state index is 0.283. The number of nitriles is 1. The summed E-state index contributed by atoms with van der Waals surface area (Å²) in [6, 6.07) is 9.00. The number of benzene rings is 1. The molecule has 0 spiro atoms. The molecule has 1 aromatic heterocycles. The lowest BCUT2D eigenvalue weighted by Crippen LogP contribution is -2.17. The highest BCUT2D eigenvalue weighted by molar-refractivity contribution is 5.41.